The van der Waals surface area contributed by atoms with Crippen LogP contribution in [0.25, 0.3) is 0 Å². The zero-order valence-electron chi connectivity index (χ0n) is 12.9. The molecule has 0 saturated heterocycles. The van der Waals surface area contributed by atoms with Crippen LogP contribution >= 0.6 is 0 Å². The number of hydrogen-bond donors (Lipinski definition) is 1. The first-order valence-electron chi connectivity index (χ1n) is 7.49. The van der Waals surface area contributed by atoms with E-state index in [1.807, 2.05) is 49.4 Å². The zero-order valence-corrected chi connectivity index (χ0v) is 12.9. The summed E-state index contributed by atoms with van der Waals surface area (Å²) in [7, 11) is 0. The van der Waals surface area contributed by atoms with E-state index in [0.717, 1.165) is 11.1 Å². The largest absolute Gasteiger partial charge is 0.345 e. The van der Waals surface area contributed by atoms with Crippen LogP contribution < -0.4 is 5.32 Å². The van der Waals surface area contributed by atoms with Crippen molar-refractivity contribution in [2.75, 3.05) is 0 Å². The third-order valence-corrected chi connectivity index (χ3v) is 3.61. The average Bonchev–Trinajstić information content (AvgIpc) is 3.05. The number of amides is 1. The van der Waals surface area contributed by atoms with Crippen LogP contribution in [-0.4, -0.2) is 20.7 Å². The summed E-state index contributed by atoms with van der Waals surface area (Å²) in [6.45, 7) is 2.58. The van der Waals surface area contributed by atoms with Crippen LogP contribution in [-0.2, 0) is 6.54 Å². The van der Waals surface area contributed by atoms with Crippen LogP contribution in [0.15, 0.2) is 67.3 Å². The molecule has 2 aromatic heterocycles. The lowest BCUT2D eigenvalue weighted by atomic mass is 10.1. The van der Waals surface area contributed by atoms with Gasteiger partial charge in [0.15, 0.2) is 0 Å². The summed E-state index contributed by atoms with van der Waals surface area (Å²) < 4.78 is 1.76. The molecule has 0 fully saturated rings. The van der Waals surface area contributed by atoms with E-state index in [1.54, 1.807) is 29.5 Å². The summed E-state index contributed by atoms with van der Waals surface area (Å²) in [6, 6.07) is 13.7. The van der Waals surface area contributed by atoms with E-state index in [9.17, 15) is 4.79 Å². The Balaban J connectivity index is 1.64. The van der Waals surface area contributed by atoms with Crippen LogP contribution in [0.3, 0.4) is 0 Å². The number of nitrogens with one attached hydrogen (secondary N) is 1. The highest BCUT2D eigenvalue weighted by molar-refractivity contribution is 5.93. The number of rotatable bonds is 5. The minimum absolute atomic E-state index is 0.103. The highest BCUT2D eigenvalue weighted by atomic mass is 16.1. The smallest absolute Gasteiger partial charge is 0.254 e. The highest BCUT2D eigenvalue weighted by Gasteiger charge is 2.13. The van der Waals surface area contributed by atoms with Crippen LogP contribution in [0, 0.1) is 0 Å². The maximum Gasteiger partial charge on any atom is 0.254 e. The summed E-state index contributed by atoms with van der Waals surface area (Å²) >= 11 is 0. The first kappa shape index (κ1) is 15.0. The molecule has 1 unspecified atom stereocenters. The first-order chi connectivity index (χ1) is 11.2. The summed E-state index contributed by atoms with van der Waals surface area (Å²) in [5, 5.41) is 7.21. The van der Waals surface area contributed by atoms with Crippen molar-refractivity contribution in [3.63, 3.8) is 0 Å². The van der Waals surface area contributed by atoms with Gasteiger partial charge < -0.3 is 5.32 Å². The van der Waals surface area contributed by atoms with Gasteiger partial charge in [0.1, 0.15) is 0 Å². The van der Waals surface area contributed by atoms with Gasteiger partial charge >= 0.3 is 0 Å². The molecule has 0 bridgehead atoms. The van der Waals surface area contributed by atoms with E-state index >= 15 is 0 Å². The Morgan fingerprint density at radius 1 is 1.17 bits per heavy atom. The topological polar surface area (TPSA) is 59.8 Å². The lowest BCUT2D eigenvalue weighted by molar-refractivity contribution is 0.0939. The molecule has 116 valence electrons. The number of pyridine rings is 1. The average molecular weight is 306 g/mol. The molecule has 1 amide bonds. The minimum atomic E-state index is -0.138. The normalized spacial score (nSPS) is 11.9. The maximum absolute atomic E-state index is 12.3. The molecular weight excluding hydrogens is 288 g/mol. The van der Waals surface area contributed by atoms with Crippen LogP contribution in [0.1, 0.15) is 34.5 Å². The molecule has 0 spiro atoms. The highest BCUT2D eigenvalue weighted by Crippen LogP contribution is 2.11. The van der Waals surface area contributed by atoms with Crippen molar-refractivity contribution in [1.29, 1.82) is 0 Å². The van der Waals surface area contributed by atoms with Crippen molar-refractivity contribution in [3.05, 3.63) is 83.9 Å². The number of carbonyl (C=O) groups excluding carboxylic acids is 1. The van der Waals surface area contributed by atoms with Crippen molar-refractivity contribution in [2.45, 2.75) is 19.5 Å². The molecule has 0 aliphatic carbocycles. The van der Waals surface area contributed by atoms with Gasteiger partial charge in [-0.25, -0.2) is 0 Å². The third-order valence-electron chi connectivity index (χ3n) is 3.61. The lowest BCUT2D eigenvalue weighted by Crippen LogP contribution is -2.26. The number of aromatic nitrogens is 3. The molecule has 0 aliphatic heterocycles. The molecule has 1 N–H and O–H groups in total. The van der Waals surface area contributed by atoms with E-state index in [2.05, 4.69) is 15.4 Å². The predicted molar refractivity (Wildman–Crippen MR) is 87.9 cm³/mol. The molecule has 0 aliphatic rings. The fraction of sp³-hybridized carbons (Fsp3) is 0.167. The molecule has 0 saturated carbocycles. The standard InChI is InChI=1S/C18H18N4O/c1-14(16-8-5-9-19-10-16)21-18(23)17-11-20-22(13-17)12-15-6-3-2-4-7-15/h2-11,13-14H,12H2,1H3,(H,21,23). The fourth-order valence-corrected chi connectivity index (χ4v) is 2.33. The number of benzene rings is 1. The molecular formula is C18H18N4O. The Bertz CT molecular complexity index is 768. The second-order valence-corrected chi connectivity index (χ2v) is 5.39. The molecule has 2 heterocycles. The van der Waals surface area contributed by atoms with E-state index in [1.165, 1.54) is 0 Å². The van der Waals surface area contributed by atoms with E-state index in [4.69, 9.17) is 0 Å². The Morgan fingerprint density at radius 2 is 2.00 bits per heavy atom. The quantitative estimate of drug-likeness (QED) is 0.788. The van der Waals surface area contributed by atoms with Gasteiger partial charge in [0.05, 0.1) is 24.3 Å². The number of hydrogen-bond acceptors (Lipinski definition) is 3. The monoisotopic (exact) mass is 306 g/mol. The fourth-order valence-electron chi connectivity index (χ4n) is 2.33. The third kappa shape index (κ3) is 3.83. The maximum atomic E-state index is 12.3. The van der Waals surface area contributed by atoms with Crippen molar-refractivity contribution < 1.29 is 4.79 Å². The molecule has 3 aromatic rings. The summed E-state index contributed by atoms with van der Waals surface area (Å²) in [5.41, 5.74) is 2.67. The summed E-state index contributed by atoms with van der Waals surface area (Å²) in [6.07, 6.45) is 6.82. The van der Waals surface area contributed by atoms with Crippen LogP contribution in [0.2, 0.25) is 0 Å². The molecule has 23 heavy (non-hydrogen) atoms. The van der Waals surface area contributed by atoms with Crippen molar-refractivity contribution >= 4 is 5.91 Å². The van der Waals surface area contributed by atoms with Crippen LogP contribution in [0.4, 0.5) is 0 Å². The van der Waals surface area contributed by atoms with Gasteiger partial charge in [-0.1, -0.05) is 36.4 Å². The van der Waals surface area contributed by atoms with Crippen molar-refractivity contribution in [1.82, 2.24) is 20.1 Å². The van der Waals surface area contributed by atoms with Crippen LogP contribution in [0.5, 0.6) is 0 Å². The Labute approximate surface area is 135 Å². The minimum Gasteiger partial charge on any atom is -0.345 e. The van der Waals surface area contributed by atoms with Gasteiger partial charge in [-0.2, -0.15) is 5.10 Å². The van der Waals surface area contributed by atoms with E-state index < -0.39 is 0 Å². The number of nitrogens with zero attached hydrogens (tertiary/aromatic N) is 3. The van der Waals surface area contributed by atoms with Gasteiger partial charge in [0, 0.05) is 18.6 Å². The summed E-state index contributed by atoms with van der Waals surface area (Å²) in [5.74, 6) is -0.138. The second kappa shape index (κ2) is 6.87. The SMILES string of the molecule is CC(NC(=O)c1cnn(Cc2ccccc2)c1)c1cccnc1. The molecule has 3 rings (SSSR count). The second-order valence-electron chi connectivity index (χ2n) is 5.39. The molecule has 5 heteroatoms. The first-order valence-corrected chi connectivity index (χ1v) is 7.49. The van der Waals surface area contributed by atoms with Crippen molar-refractivity contribution in [3.8, 4) is 0 Å². The summed E-state index contributed by atoms with van der Waals surface area (Å²) in [4.78, 5) is 16.4. The predicted octanol–water partition coefficient (Wildman–Crippen LogP) is 2.82. The van der Waals surface area contributed by atoms with Gasteiger partial charge in [-0.15, -0.1) is 0 Å². The Hall–Kier alpha value is -2.95. The number of carbonyl (C=O) groups is 1. The van der Waals surface area contributed by atoms with E-state index in [0.29, 0.717) is 12.1 Å². The van der Waals surface area contributed by atoms with E-state index in [-0.39, 0.29) is 11.9 Å². The molecule has 1 aromatic carbocycles. The van der Waals surface area contributed by atoms with Gasteiger partial charge in [-0.3, -0.25) is 14.5 Å². The lowest BCUT2D eigenvalue weighted by Gasteiger charge is -2.12. The zero-order chi connectivity index (χ0) is 16.1. The Morgan fingerprint density at radius 3 is 2.74 bits per heavy atom. The van der Waals surface area contributed by atoms with Gasteiger partial charge in [-0.05, 0) is 24.1 Å². The molecule has 0 radical (unpaired) electrons. The van der Waals surface area contributed by atoms with Gasteiger partial charge in [0.2, 0.25) is 0 Å². The Kier molecular flexibility index (Phi) is 4.47. The molecule has 5 nitrogen and oxygen atoms in total. The molecule has 1 atom stereocenters. The van der Waals surface area contributed by atoms with Crippen molar-refractivity contribution in [2.24, 2.45) is 0 Å². The van der Waals surface area contributed by atoms with Gasteiger partial charge in [0.25, 0.3) is 5.91 Å².